The summed E-state index contributed by atoms with van der Waals surface area (Å²) in [7, 11) is 4.02. The molecule has 0 bridgehead atoms. The Kier molecular flexibility index (Phi) is 7.73. The maximum absolute atomic E-state index is 12.1. The van der Waals surface area contributed by atoms with Gasteiger partial charge in [-0.1, -0.05) is 30.3 Å². The number of benzene rings is 1. The van der Waals surface area contributed by atoms with Crippen LogP contribution in [-0.2, 0) is 4.79 Å². The molecule has 0 aliphatic rings. The van der Waals surface area contributed by atoms with E-state index in [1.807, 2.05) is 57.4 Å². The molecule has 1 unspecified atom stereocenters. The number of carbonyl (C=O) groups is 1. The number of hydrogen-bond acceptors (Lipinski definition) is 4. The van der Waals surface area contributed by atoms with Crippen LogP contribution in [0.4, 0.5) is 0 Å². The SMILES string of the molecule is CC(NC(=O)/C(C#N)=C\NCCCN(C)C)c1ccccc1. The maximum Gasteiger partial charge on any atom is 0.263 e. The fourth-order valence-electron chi connectivity index (χ4n) is 1.92. The highest BCUT2D eigenvalue weighted by Crippen LogP contribution is 2.11. The normalized spacial score (nSPS) is 12.6. The van der Waals surface area contributed by atoms with Gasteiger partial charge in [-0.2, -0.15) is 5.26 Å². The molecule has 0 aliphatic heterocycles. The molecule has 2 N–H and O–H groups in total. The molecule has 1 amide bonds. The van der Waals surface area contributed by atoms with Crippen molar-refractivity contribution in [3.63, 3.8) is 0 Å². The van der Waals surface area contributed by atoms with Crippen molar-refractivity contribution in [3.05, 3.63) is 47.7 Å². The Labute approximate surface area is 132 Å². The summed E-state index contributed by atoms with van der Waals surface area (Å²) in [4.78, 5) is 14.2. The highest BCUT2D eigenvalue weighted by Gasteiger charge is 2.13. The Morgan fingerprint density at radius 3 is 2.64 bits per heavy atom. The molecule has 0 saturated carbocycles. The van der Waals surface area contributed by atoms with E-state index in [2.05, 4.69) is 15.5 Å². The van der Waals surface area contributed by atoms with Crippen molar-refractivity contribution in [3.8, 4) is 6.07 Å². The van der Waals surface area contributed by atoms with Crippen molar-refractivity contribution in [1.29, 1.82) is 5.26 Å². The average molecular weight is 300 g/mol. The van der Waals surface area contributed by atoms with Crippen LogP contribution in [0.25, 0.3) is 0 Å². The third kappa shape index (κ3) is 6.42. The molecular formula is C17H24N4O. The van der Waals surface area contributed by atoms with E-state index in [0.29, 0.717) is 0 Å². The first-order valence-electron chi connectivity index (χ1n) is 7.38. The second kappa shape index (κ2) is 9.59. The quantitative estimate of drug-likeness (QED) is 0.436. The number of rotatable bonds is 8. The van der Waals surface area contributed by atoms with E-state index in [1.165, 1.54) is 6.20 Å². The molecule has 0 aliphatic carbocycles. The number of amides is 1. The van der Waals surface area contributed by atoms with Crippen LogP contribution in [-0.4, -0.2) is 38.0 Å². The predicted octanol–water partition coefficient (Wildman–Crippen LogP) is 1.81. The molecule has 1 atom stereocenters. The monoisotopic (exact) mass is 300 g/mol. The Morgan fingerprint density at radius 2 is 2.05 bits per heavy atom. The Balaban J connectivity index is 2.49. The van der Waals surface area contributed by atoms with Crippen LogP contribution in [0.1, 0.15) is 24.9 Å². The van der Waals surface area contributed by atoms with Gasteiger partial charge in [-0.05, 0) is 39.5 Å². The van der Waals surface area contributed by atoms with Gasteiger partial charge in [0, 0.05) is 12.7 Å². The number of carbonyl (C=O) groups excluding carboxylic acids is 1. The Hall–Kier alpha value is -2.32. The van der Waals surface area contributed by atoms with Crippen LogP contribution >= 0.6 is 0 Å². The number of hydrogen-bond donors (Lipinski definition) is 2. The smallest absolute Gasteiger partial charge is 0.263 e. The number of nitrogens with zero attached hydrogens (tertiary/aromatic N) is 2. The summed E-state index contributed by atoms with van der Waals surface area (Å²) in [5.41, 5.74) is 1.10. The van der Waals surface area contributed by atoms with Crippen LogP contribution < -0.4 is 10.6 Å². The van der Waals surface area contributed by atoms with E-state index < -0.39 is 0 Å². The second-order valence-corrected chi connectivity index (χ2v) is 5.39. The van der Waals surface area contributed by atoms with Crippen LogP contribution in [0.5, 0.6) is 0 Å². The fourth-order valence-corrected chi connectivity index (χ4v) is 1.92. The van der Waals surface area contributed by atoms with Gasteiger partial charge < -0.3 is 15.5 Å². The van der Waals surface area contributed by atoms with Gasteiger partial charge in [0.05, 0.1) is 6.04 Å². The van der Waals surface area contributed by atoms with Crippen LogP contribution in [0.2, 0.25) is 0 Å². The lowest BCUT2D eigenvalue weighted by Crippen LogP contribution is -2.28. The molecule has 1 aromatic rings. The molecule has 0 spiro atoms. The van der Waals surface area contributed by atoms with E-state index in [-0.39, 0.29) is 17.5 Å². The molecule has 0 fully saturated rings. The lowest BCUT2D eigenvalue weighted by molar-refractivity contribution is -0.117. The first-order valence-corrected chi connectivity index (χ1v) is 7.38. The minimum atomic E-state index is -0.362. The van der Waals surface area contributed by atoms with Crippen LogP contribution in [0.15, 0.2) is 42.1 Å². The van der Waals surface area contributed by atoms with Gasteiger partial charge in [0.1, 0.15) is 11.6 Å². The summed E-state index contributed by atoms with van der Waals surface area (Å²) in [6, 6.07) is 11.5. The maximum atomic E-state index is 12.1. The molecule has 118 valence electrons. The molecule has 5 nitrogen and oxygen atoms in total. The number of nitriles is 1. The van der Waals surface area contributed by atoms with Gasteiger partial charge >= 0.3 is 0 Å². The third-order valence-corrected chi connectivity index (χ3v) is 3.19. The van der Waals surface area contributed by atoms with Crippen LogP contribution in [0, 0.1) is 11.3 Å². The lowest BCUT2D eigenvalue weighted by atomic mass is 10.1. The van der Waals surface area contributed by atoms with Gasteiger partial charge in [0.2, 0.25) is 0 Å². The van der Waals surface area contributed by atoms with Crippen molar-refractivity contribution in [2.75, 3.05) is 27.2 Å². The predicted molar refractivity (Wildman–Crippen MR) is 87.9 cm³/mol. The first-order chi connectivity index (χ1) is 10.5. The molecule has 0 radical (unpaired) electrons. The second-order valence-electron chi connectivity index (χ2n) is 5.39. The van der Waals surface area contributed by atoms with E-state index in [0.717, 1.165) is 25.1 Å². The number of nitrogens with one attached hydrogen (secondary N) is 2. The average Bonchev–Trinajstić information content (AvgIpc) is 2.51. The summed E-state index contributed by atoms with van der Waals surface area (Å²) in [6.45, 7) is 3.58. The first kappa shape index (κ1) is 17.7. The van der Waals surface area contributed by atoms with E-state index >= 15 is 0 Å². The largest absolute Gasteiger partial charge is 0.390 e. The Morgan fingerprint density at radius 1 is 1.36 bits per heavy atom. The summed E-state index contributed by atoms with van der Waals surface area (Å²) >= 11 is 0. The zero-order valence-electron chi connectivity index (χ0n) is 13.5. The highest BCUT2D eigenvalue weighted by atomic mass is 16.1. The zero-order valence-corrected chi connectivity index (χ0v) is 13.5. The van der Waals surface area contributed by atoms with Gasteiger partial charge in [-0.3, -0.25) is 4.79 Å². The lowest BCUT2D eigenvalue weighted by Gasteiger charge is -2.14. The minimum absolute atomic E-state index is 0.0904. The molecule has 1 rings (SSSR count). The van der Waals surface area contributed by atoms with E-state index in [9.17, 15) is 4.79 Å². The van der Waals surface area contributed by atoms with Gasteiger partial charge in [-0.15, -0.1) is 0 Å². The summed E-state index contributed by atoms with van der Waals surface area (Å²) in [5, 5.41) is 14.9. The Bertz CT molecular complexity index is 531. The van der Waals surface area contributed by atoms with Crippen molar-refractivity contribution < 1.29 is 4.79 Å². The van der Waals surface area contributed by atoms with Crippen molar-refractivity contribution in [2.24, 2.45) is 0 Å². The highest BCUT2D eigenvalue weighted by molar-refractivity contribution is 5.97. The summed E-state index contributed by atoms with van der Waals surface area (Å²) < 4.78 is 0. The van der Waals surface area contributed by atoms with Gasteiger partial charge in [-0.25, -0.2) is 0 Å². The summed E-state index contributed by atoms with van der Waals surface area (Å²) in [5.74, 6) is -0.362. The molecular weight excluding hydrogens is 276 g/mol. The standard InChI is InChI=1S/C17H24N4O/c1-14(15-8-5-4-6-9-15)20-17(22)16(12-18)13-19-10-7-11-21(2)3/h4-6,8-9,13-14,19H,7,10-11H2,1-3H3,(H,20,22)/b16-13-. The van der Waals surface area contributed by atoms with Gasteiger partial charge in [0.25, 0.3) is 5.91 Å². The fraction of sp³-hybridized carbons (Fsp3) is 0.412. The topological polar surface area (TPSA) is 68.2 Å². The molecule has 0 aromatic heterocycles. The minimum Gasteiger partial charge on any atom is -0.390 e. The molecule has 5 heteroatoms. The van der Waals surface area contributed by atoms with E-state index in [4.69, 9.17) is 5.26 Å². The zero-order chi connectivity index (χ0) is 16.4. The van der Waals surface area contributed by atoms with Crippen LogP contribution in [0.3, 0.4) is 0 Å². The molecule has 22 heavy (non-hydrogen) atoms. The van der Waals surface area contributed by atoms with Crippen molar-refractivity contribution >= 4 is 5.91 Å². The summed E-state index contributed by atoms with van der Waals surface area (Å²) in [6.07, 6.45) is 2.44. The van der Waals surface area contributed by atoms with Gasteiger partial charge in [0.15, 0.2) is 0 Å². The third-order valence-electron chi connectivity index (χ3n) is 3.19. The van der Waals surface area contributed by atoms with Crippen molar-refractivity contribution in [1.82, 2.24) is 15.5 Å². The van der Waals surface area contributed by atoms with E-state index in [1.54, 1.807) is 0 Å². The molecule has 0 heterocycles. The molecule has 1 aromatic carbocycles. The van der Waals surface area contributed by atoms with Crippen molar-refractivity contribution in [2.45, 2.75) is 19.4 Å². The molecule has 0 saturated heterocycles.